The third kappa shape index (κ3) is 4.18. The molecular weight excluding hydrogens is 332 g/mol. The number of carbonyl (C=O) groups is 3. The molecular formula is C19H20N4O3. The van der Waals surface area contributed by atoms with Crippen molar-refractivity contribution in [1.29, 1.82) is 0 Å². The van der Waals surface area contributed by atoms with E-state index in [9.17, 15) is 14.4 Å². The average Bonchev–Trinajstić information content (AvgIpc) is 2.95. The van der Waals surface area contributed by atoms with E-state index in [1.165, 1.54) is 5.56 Å². The van der Waals surface area contributed by atoms with E-state index in [4.69, 9.17) is 0 Å². The Labute approximate surface area is 151 Å². The number of amides is 4. The van der Waals surface area contributed by atoms with Crippen LogP contribution in [-0.4, -0.2) is 42.9 Å². The molecule has 1 fully saturated rings. The third-order valence-corrected chi connectivity index (χ3v) is 4.09. The molecule has 0 bridgehead atoms. The zero-order valence-corrected chi connectivity index (χ0v) is 14.4. The Morgan fingerprint density at radius 1 is 1.12 bits per heavy atom. The fourth-order valence-corrected chi connectivity index (χ4v) is 2.71. The standard InChI is InChI=1S/C19H20N4O3/c1-22(12-14-5-3-2-4-6-14)16-9-7-15(8-10-16)21-17(24)13-23-18(25)11-20-19(23)26/h2-10H,11-13H2,1H3,(H,20,26)(H,21,24). The Bertz CT molecular complexity index is 789. The number of nitrogens with zero attached hydrogens (tertiary/aromatic N) is 2. The zero-order valence-electron chi connectivity index (χ0n) is 14.4. The van der Waals surface area contributed by atoms with Crippen molar-refractivity contribution in [3.05, 3.63) is 60.2 Å². The number of imide groups is 1. The molecule has 1 aliphatic rings. The van der Waals surface area contributed by atoms with Crippen LogP contribution in [0.25, 0.3) is 0 Å². The van der Waals surface area contributed by atoms with Crippen LogP contribution in [-0.2, 0) is 16.1 Å². The lowest BCUT2D eigenvalue weighted by Gasteiger charge is -2.20. The molecule has 1 saturated heterocycles. The number of hydrogen-bond acceptors (Lipinski definition) is 4. The Morgan fingerprint density at radius 3 is 2.42 bits per heavy atom. The van der Waals surface area contributed by atoms with Gasteiger partial charge in [0.15, 0.2) is 0 Å². The van der Waals surface area contributed by atoms with E-state index in [0.29, 0.717) is 5.69 Å². The first kappa shape index (κ1) is 17.5. The number of benzene rings is 2. The summed E-state index contributed by atoms with van der Waals surface area (Å²) in [7, 11) is 2.00. The van der Waals surface area contributed by atoms with Gasteiger partial charge in [0.05, 0.1) is 6.54 Å². The van der Waals surface area contributed by atoms with Crippen molar-refractivity contribution < 1.29 is 14.4 Å². The normalized spacial score (nSPS) is 13.5. The van der Waals surface area contributed by atoms with Gasteiger partial charge < -0.3 is 15.5 Å². The average molecular weight is 352 g/mol. The molecule has 0 spiro atoms. The summed E-state index contributed by atoms with van der Waals surface area (Å²) < 4.78 is 0. The molecule has 2 aromatic carbocycles. The molecule has 0 aliphatic carbocycles. The van der Waals surface area contributed by atoms with Gasteiger partial charge in [-0.1, -0.05) is 30.3 Å². The first-order valence-electron chi connectivity index (χ1n) is 8.26. The molecule has 2 aromatic rings. The van der Waals surface area contributed by atoms with Crippen molar-refractivity contribution in [3.8, 4) is 0 Å². The van der Waals surface area contributed by atoms with Crippen LogP contribution < -0.4 is 15.5 Å². The largest absolute Gasteiger partial charge is 0.370 e. The van der Waals surface area contributed by atoms with Gasteiger partial charge >= 0.3 is 6.03 Å². The molecule has 7 nitrogen and oxygen atoms in total. The predicted molar refractivity (Wildman–Crippen MR) is 98.7 cm³/mol. The number of anilines is 2. The fraction of sp³-hybridized carbons (Fsp3) is 0.211. The van der Waals surface area contributed by atoms with Gasteiger partial charge in [0.2, 0.25) is 5.91 Å². The van der Waals surface area contributed by atoms with Gasteiger partial charge in [0.1, 0.15) is 6.54 Å². The van der Waals surface area contributed by atoms with Gasteiger partial charge in [0, 0.05) is 25.0 Å². The van der Waals surface area contributed by atoms with E-state index in [0.717, 1.165) is 17.1 Å². The number of hydrogen-bond donors (Lipinski definition) is 2. The topological polar surface area (TPSA) is 81.8 Å². The van der Waals surface area contributed by atoms with Crippen LogP contribution in [0.3, 0.4) is 0 Å². The highest BCUT2D eigenvalue weighted by Gasteiger charge is 2.30. The van der Waals surface area contributed by atoms with Gasteiger partial charge in [-0.3, -0.25) is 14.5 Å². The molecule has 3 rings (SSSR count). The van der Waals surface area contributed by atoms with Crippen molar-refractivity contribution in [2.45, 2.75) is 6.54 Å². The molecule has 134 valence electrons. The quantitative estimate of drug-likeness (QED) is 0.777. The Hall–Kier alpha value is -3.35. The number of rotatable bonds is 6. The molecule has 0 unspecified atom stereocenters. The van der Waals surface area contributed by atoms with Crippen molar-refractivity contribution in [1.82, 2.24) is 10.2 Å². The molecule has 26 heavy (non-hydrogen) atoms. The van der Waals surface area contributed by atoms with Gasteiger partial charge in [-0.05, 0) is 29.8 Å². The van der Waals surface area contributed by atoms with Crippen molar-refractivity contribution in [3.63, 3.8) is 0 Å². The van der Waals surface area contributed by atoms with E-state index in [-0.39, 0.29) is 13.1 Å². The van der Waals surface area contributed by atoms with Crippen LogP contribution in [0, 0.1) is 0 Å². The zero-order chi connectivity index (χ0) is 18.5. The summed E-state index contributed by atoms with van der Waals surface area (Å²) in [6.07, 6.45) is 0. The van der Waals surface area contributed by atoms with Crippen LogP contribution in [0.4, 0.5) is 16.2 Å². The summed E-state index contributed by atoms with van der Waals surface area (Å²) in [6.45, 7) is 0.424. The van der Waals surface area contributed by atoms with Crippen LogP contribution in [0.5, 0.6) is 0 Å². The maximum atomic E-state index is 12.0. The molecule has 0 aromatic heterocycles. The second-order valence-electron chi connectivity index (χ2n) is 6.08. The van der Waals surface area contributed by atoms with Gasteiger partial charge in [-0.2, -0.15) is 0 Å². The van der Waals surface area contributed by atoms with Crippen LogP contribution in [0.1, 0.15) is 5.56 Å². The Morgan fingerprint density at radius 2 is 1.81 bits per heavy atom. The molecule has 0 radical (unpaired) electrons. The van der Waals surface area contributed by atoms with E-state index < -0.39 is 17.8 Å². The van der Waals surface area contributed by atoms with Crippen LogP contribution in [0.2, 0.25) is 0 Å². The van der Waals surface area contributed by atoms with E-state index in [1.807, 2.05) is 37.4 Å². The van der Waals surface area contributed by atoms with Gasteiger partial charge in [0.25, 0.3) is 5.91 Å². The first-order valence-corrected chi connectivity index (χ1v) is 8.26. The summed E-state index contributed by atoms with van der Waals surface area (Å²) >= 11 is 0. The molecule has 4 amide bonds. The minimum Gasteiger partial charge on any atom is -0.370 e. The van der Waals surface area contributed by atoms with Crippen molar-refractivity contribution in [2.24, 2.45) is 0 Å². The summed E-state index contributed by atoms with van der Waals surface area (Å²) in [5.74, 6) is -0.816. The molecule has 0 saturated carbocycles. The highest BCUT2D eigenvalue weighted by molar-refractivity contribution is 6.06. The van der Waals surface area contributed by atoms with E-state index in [2.05, 4.69) is 27.7 Å². The molecule has 2 N–H and O–H groups in total. The number of carbonyl (C=O) groups excluding carboxylic acids is 3. The van der Waals surface area contributed by atoms with Crippen LogP contribution in [0.15, 0.2) is 54.6 Å². The second kappa shape index (κ2) is 7.69. The third-order valence-electron chi connectivity index (χ3n) is 4.09. The highest BCUT2D eigenvalue weighted by atomic mass is 16.2. The SMILES string of the molecule is CN(Cc1ccccc1)c1ccc(NC(=O)CN2C(=O)CNC2=O)cc1. The monoisotopic (exact) mass is 352 g/mol. The summed E-state index contributed by atoms with van der Waals surface area (Å²) in [4.78, 5) is 38.0. The smallest absolute Gasteiger partial charge is 0.325 e. The maximum Gasteiger partial charge on any atom is 0.325 e. The summed E-state index contributed by atoms with van der Waals surface area (Å²) in [5.41, 5.74) is 2.83. The van der Waals surface area contributed by atoms with E-state index >= 15 is 0 Å². The number of nitrogens with one attached hydrogen (secondary N) is 2. The van der Waals surface area contributed by atoms with Crippen LogP contribution >= 0.6 is 0 Å². The Balaban J connectivity index is 1.56. The molecule has 7 heteroatoms. The number of urea groups is 1. The van der Waals surface area contributed by atoms with Gasteiger partial charge in [-0.15, -0.1) is 0 Å². The Kier molecular flexibility index (Phi) is 5.17. The first-order chi connectivity index (χ1) is 12.5. The highest BCUT2D eigenvalue weighted by Crippen LogP contribution is 2.19. The minimum absolute atomic E-state index is 0.0610. The summed E-state index contributed by atoms with van der Waals surface area (Å²) in [6, 6.07) is 17.0. The molecule has 1 heterocycles. The maximum absolute atomic E-state index is 12.0. The lowest BCUT2D eigenvalue weighted by atomic mass is 10.2. The van der Waals surface area contributed by atoms with Gasteiger partial charge in [-0.25, -0.2) is 4.79 Å². The van der Waals surface area contributed by atoms with Crippen molar-refractivity contribution in [2.75, 3.05) is 30.4 Å². The lowest BCUT2D eigenvalue weighted by molar-refractivity contribution is -0.128. The van der Waals surface area contributed by atoms with E-state index in [1.54, 1.807) is 12.1 Å². The second-order valence-corrected chi connectivity index (χ2v) is 6.08. The lowest BCUT2D eigenvalue weighted by Crippen LogP contribution is -2.38. The summed E-state index contributed by atoms with van der Waals surface area (Å²) in [5, 5.41) is 5.07. The van der Waals surface area contributed by atoms with Crippen molar-refractivity contribution >= 4 is 29.2 Å². The molecule has 0 atom stereocenters. The fourth-order valence-electron chi connectivity index (χ4n) is 2.71. The minimum atomic E-state index is -0.539. The predicted octanol–water partition coefficient (Wildman–Crippen LogP) is 1.81. The molecule has 1 aliphatic heterocycles.